The van der Waals surface area contributed by atoms with Crippen molar-refractivity contribution in [2.45, 2.75) is 31.9 Å². The Balaban J connectivity index is 0.00000196. The molecule has 1 heterocycles. The van der Waals surface area contributed by atoms with Crippen LogP contribution in [0, 0.1) is 0 Å². The number of nitrogens with two attached hydrogens (primary N) is 1. The quantitative estimate of drug-likeness (QED) is 0.718. The van der Waals surface area contributed by atoms with Gasteiger partial charge in [-0.1, -0.05) is 12.1 Å². The van der Waals surface area contributed by atoms with Gasteiger partial charge in [0.1, 0.15) is 17.6 Å². The van der Waals surface area contributed by atoms with Gasteiger partial charge in [0, 0.05) is 38.2 Å². The molecule has 0 spiro atoms. The minimum atomic E-state index is -4.68. The van der Waals surface area contributed by atoms with Gasteiger partial charge in [-0.2, -0.15) is 0 Å². The van der Waals surface area contributed by atoms with Crippen molar-refractivity contribution >= 4 is 30.5 Å². The molecule has 0 atom stereocenters. The first-order valence-electron chi connectivity index (χ1n) is 8.49. The van der Waals surface area contributed by atoms with E-state index in [4.69, 9.17) is 10.5 Å². The highest BCUT2D eigenvalue weighted by molar-refractivity contribution is 5.85. The van der Waals surface area contributed by atoms with E-state index in [1.165, 1.54) is 24.3 Å². The maximum absolute atomic E-state index is 12.2. The molecule has 9 heteroatoms. The van der Waals surface area contributed by atoms with Crippen LogP contribution >= 0.6 is 24.8 Å². The van der Waals surface area contributed by atoms with Crippen molar-refractivity contribution in [2.75, 3.05) is 18.0 Å². The molecule has 4 nitrogen and oxygen atoms in total. The van der Waals surface area contributed by atoms with Gasteiger partial charge in [0.2, 0.25) is 0 Å². The van der Waals surface area contributed by atoms with Crippen LogP contribution in [0.1, 0.15) is 18.4 Å². The molecule has 1 aliphatic heterocycles. The van der Waals surface area contributed by atoms with E-state index in [1.807, 2.05) is 12.1 Å². The van der Waals surface area contributed by atoms with Gasteiger partial charge in [-0.05, 0) is 42.0 Å². The second-order valence-corrected chi connectivity index (χ2v) is 6.19. The molecule has 0 aliphatic carbocycles. The number of anilines is 1. The molecule has 1 fully saturated rings. The molecule has 156 valence electrons. The van der Waals surface area contributed by atoms with Crippen LogP contribution in [0.4, 0.5) is 18.9 Å². The summed E-state index contributed by atoms with van der Waals surface area (Å²) in [5.41, 5.74) is 7.88. The van der Waals surface area contributed by atoms with Crippen LogP contribution in [0.25, 0.3) is 0 Å². The van der Waals surface area contributed by atoms with Crippen LogP contribution in [0.2, 0.25) is 0 Å². The van der Waals surface area contributed by atoms with Gasteiger partial charge in [-0.15, -0.1) is 38.0 Å². The zero-order valence-corrected chi connectivity index (χ0v) is 16.7. The normalized spacial score (nSPS) is 14.6. The lowest BCUT2D eigenvalue weighted by Crippen LogP contribution is -2.38. The van der Waals surface area contributed by atoms with Gasteiger partial charge in [0.25, 0.3) is 0 Å². The maximum atomic E-state index is 12.2. The second kappa shape index (κ2) is 10.6. The van der Waals surface area contributed by atoms with Crippen molar-refractivity contribution in [1.29, 1.82) is 0 Å². The first kappa shape index (κ1) is 24.2. The Morgan fingerprint density at radius 2 is 1.43 bits per heavy atom. The Labute approximate surface area is 174 Å². The van der Waals surface area contributed by atoms with Crippen LogP contribution in [-0.2, 0) is 6.54 Å². The Morgan fingerprint density at radius 1 is 0.893 bits per heavy atom. The summed E-state index contributed by atoms with van der Waals surface area (Å²) in [6.07, 6.45) is -2.94. The van der Waals surface area contributed by atoms with E-state index in [1.54, 1.807) is 0 Å². The SMILES string of the molecule is Cl.Cl.NCc1ccc(N2CCC(Oc3ccc(OC(F)(F)F)cc3)CC2)cc1. The van der Waals surface area contributed by atoms with Gasteiger partial charge in [-0.25, -0.2) is 0 Å². The van der Waals surface area contributed by atoms with Crippen LogP contribution in [-0.4, -0.2) is 25.6 Å². The highest BCUT2D eigenvalue weighted by Gasteiger charge is 2.31. The molecule has 0 aromatic heterocycles. The highest BCUT2D eigenvalue weighted by Crippen LogP contribution is 2.27. The molecule has 2 N–H and O–H groups in total. The molecular formula is C19H23Cl2F3N2O2. The summed E-state index contributed by atoms with van der Waals surface area (Å²) in [6, 6.07) is 13.7. The molecule has 2 aromatic carbocycles. The average Bonchev–Trinajstić information content (AvgIpc) is 2.63. The second-order valence-electron chi connectivity index (χ2n) is 6.19. The Morgan fingerprint density at radius 3 is 1.93 bits per heavy atom. The number of benzene rings is 2. The van der Waals surface area contributed by atoms with Crippen molar-refractivity contribution in [3.05, 3.63) is 54.1 Å². The zero-order valence-electron chi connectivity index (χ0n) is 15.0. The van der Waals surface area contributed by atoms with E-state index in [9.17, 15) is 13.2 Å². The predicted molar refractivity (Wildman–Crippen MR) is 108 cm³/mol. The predicted octanol–water partition coefficient (Wildman–Crippen LogP) is 4.94. The standard InChI is InChI=1S/C19H21F3N2O2.2ClH/c20-19(21,22)26-18-7-5-16(6-8-18)25-17-9-11-24(12-10-17)15-3-1-14(13-23)2-4-15;;/h1-8,17H,9-13,23H2;2*1H. The van der Waals surface area contributed by atoms with Crippen molar-refractivity contribution in [3.8, 4) is 11.5 Å². The molecule has 1 aliphatic rings. The third-order valence-electron chi connectivity index (χ3n) is 4.34. The van der Waals surface area contributed by atoms with Crippen molar-refractivity contribution in [1.82, 2.24) is 0 Å². The van der Waals surface area contributed by atoms with E-state index in [0.29, 0.717) is 12.3 Å². The number of halogens is 5. The number of nitrogens with zero attached hydrogens (tertiary/aromatic N) is 1. The lowest BCUT2D eigenvalue weighted by Gasteiger charge is -2.33. The molecule has 0 unspecified atom stereocenters. The number of piperidine rings is 1. The zero-order chi connectivity index (χ0) is 18.6. The lowest BCUT2D eigenvalue weighted by molar-refractivity contribution is -0.274. The molecule has 2 aromatic rings. The van der Waals surface area contributed by atoms with E-state index in [-0.39, 0.29) is 36.7 Å². The van der Waals surface area contributed by atoms with E-state index in [2.05, 4.69) is 21.8 Å². The van der Waals surface area contributed by atoms with Crippen molar-refractivity contribution in [3.63, 3.8) is 0 Å². The molecule has 3 rings (SSSR count). The van der Waals surface area contributed by atoms with Gasteiger partial charge in [0.15, 0.2) is 0 Å². The molecule has 28 heavy (non-hydrogen) atoms. The minimum Gasteiger partial charge on any atom is -0.490 e. The van der Waals surface area contributed by atoms with Gasteiger partial charge >= 0.3 is 6.36 Å². The monoisotopic (exact) mass is 438 g/mol. The Kier molecular flexibility index (Phi) is 9.20. The summed E-state index contributed by atoms with van der Waals surface area (Å²) in [6.45, 7) is 2.26. The smallest absolute Gasteiger partial charge is 0.490 e. The molecular weight excluding hydrogens is 416 g/mol. The van der Waals surface area contributed by atoms with Crippen molar-refractivity contribution < 1.29 is 22.6 Å². The molecule has 0 bridgehead atoms. The third-order valence-corrected chi connectivity index (χ3v) is 4.34. The largest absolute Gasteiger partial charge is 0.573 e. The van der Waals surface area contributed by atoms with Gasteiger partial charge in [-0.3, -0.25) is 0 Å². The number of hydrogen-bond acceptors (Lipinski definition) is 4. The summed E-state index contributed by atoms with van der Waals surface area (Å²) < 4.78 is 46.2. The summed E-state index contributed by atoms with van der Waals surface area (Å²) in [7, 11) is 0. The first-order chi connectivity index (χ1) is 12.4. The molecule has 0 radical (unpaired) electrons. The Bertz CT molecular complexity index is 705. The number of alkyl halides is 3. The number of ether oxygens (including phenoxy) is 2. The summed E-state index contributed by atoms with van der Waals surface area (Å²) in [5, 5.41) is 0. The average molecular weight is 439 g/mol. The van der Waals surface area contributed by atoms with Crippen LogP contribution in [0.3, 0.4) is 0 Å². The summed E-state index contributed by atoms with van der Waals surface area (Å²) in [4.78, 5) is 2.29. The fourth-order valence-electron chi connectivity index (χ4n) is 2.99. The molecule has 0 amide bonds. The summed E-state index contributed by atoms with van der Waals surface area (Å²) >= 11 is 0. The van der Waals surface area contributed by atoms with Crippen molar-refractivity contribution in [2.24, 2.45) is 5.73 Å². The number of rotatable bonds is 5. The van der Waals surface area contributed by atoms with E-state index < -0.39 is 6.36 Å². The van der Waals surface area contributed by atoms with Crippen LogP contribution < -0.4 is 20.1 Å². The van der Waals surface area contributed by atoms with E-state index >= 15 is 0 Å². The van der Waals surface area contributed by atoms with Crippen LogP contribution in [0.5, 0.6) is 11.5 Å². The lowest BCUT2D eigenvalue weighted by atomic mass is 10.1. The number of hydrogen-bond donors (Lipinski definition) is 1. The summed E-state index contributed by atoms with van der Waals surface area (Å²) in [5.74, 6) is 0.297. The van der Waals surface area contributed by atoms with Gasteiger partial charge in [0.05, 0.1) is 0 Å². The third kappa shape index (κ3) is 6.96. The molecule has 1 saturated heterocycles. The fourth-order valence-corrected chi connectivity index (χ4v) is 2.99. The maximum Gasteiger partial charge on any atom is 0.573 e. The highest BCUT2D eigenvalue weighted by atomic mass is 35.5. The van der Waals surface area contributed by atoms with Crippen LogP contribution in [0.15, 0.2) is 48.5 Å². The Hall–Kier alpha value is -1.83. The van der Waals surface area contributed by atoms with Gasteiger partial charge < -0.3 is 20.1 Å². The first-order valence-corrected chi connectivity index (χ1v) is 8.49. The topological polar surface area (TPSA) is 47.7 Å². The van der Waals surface area contributed by atoms with E-state index in [0.717, 1.165) is 37.2 Å². The molecule has 0 saturated carbocycles. The minimum absolute atomic E-state index is 0. The fraction of sp³-hybridized carbons (Fsp3) is 0.368.